The molecule has 2 rings (SSSR count). The zero-order valence-corrected chi connectivity index (χ0v) is 12.8. The highest BCUT2D eigenvalue weighted by Crippen LogP contribution is 2.14. The van der Waals surface area contributed by atoms with E-state index in [0.717, 1.165) is 9.26 Å². The lowest BCUT2D eigenvalue weighted by molar-refractivity contribution is -0.116. The van der Waals surface area contributed by atoms with Crippen molar-refractivity contribution in [3.05, 3.63) is 39.7 Å². The smallest absolute Gasteiger partial charge is 0.247 e. The fourth-order valence-corrected chi connectivity index (χ4v) is 2.10. The molecule has 1 atom stereocenters. The van der Waals surface area contributed by atoms with Crippen LogP contribution in [0.25, 0.3) is 0 Å². The lowest BCUT2D eigenvalue weighted by Gasteiger charge is -2.14. The van der Waals surface area contributed by atoms with Gasteiger partial charge in [-0.05, 0) is 54.6 Å². The number of nitrogens with zero attached hydrogens (tertiary/aromatic N) is 1. The van der Waals surface area contributed by atoms with Crippen LogP contribution >= 0.6 is 22.6 Å². The topological polar surface area (TPSA) is 67.2 Å². The van der Waals surface area contributed by atoms with E-state index in [1.807, 2.05) is 24.3 Å². The van der Waals surface area contributed by atoms with Crippen LogP contribution in [-0.2, 0) is 4.79 Å². The highest BCUT2D eigenvalue weighted by atomic mass is 127. The molecule has 2 N–H and O–H groups in total. The molecule has 100 valence electrons. The standard InChI is InChI=1S/C13H14IN3O2/c1-8-6-12(17-19-8)16-13(18)9(2)15-11-5-3-4-10(14)7-11/h3-7,9,15H,1-2H3,(H,16,17,18). The summed E-state index contributed by atoms with van der Waals surface area (Å²) in [6.07, 6.45) is 0. The van der Waals surface area contributed by atoms with Crippen molar-refractivity contribution in [2.45, 2.75) is 19.9 Å². The highest BCUT2D eigenvalue weighted by molar-refractivity contribution is 14.1. The quantitative estimate of drug-likeness (QED) is 0.811. The van der Waals surface area contributed by atoms with E-state index in [1.54, 1.807) is 19.9 Å². The molecule has 0 saturated carbocycles. The lowest BCUT2D eigenvalue weighted by Crippen LogP contribution is -2.31. The molecular weight excluding hydrogens is 357 g/mol. The van der Waals surface area contributed by atoms with Gasteiger partial charge in [-0.25, -0.2) is 0 Å². The second-order valence-electron chi connectivity index (χ2n) is 4.19. The number of hydrogen-bond donors (Lipinski definition) is 2. The van der Waals surface area contributed by atoms with Gasteiger partial charge in [0.25, 0.3) is 0 Å². The van der Waals surface area contributed by atoms with Crippen molar-refractivity contribution in [1.82, 2.24) is 5.16 Å². The van der Waals surface area contributed by atoms with Gasteiger partial charge in [0.1, 0.15) is 11.8 Å². The first-order valence-electron chi connectivity index (χ1n) is 5.81. The average Bonchev–Trinajstić information content (AvgIpc) is 2.74. The van der Waals surface area contributed by atoms with Gasteiger partial charge >= 0.3 is 0 Å². The summed E-state index contributed by atoms with van der Waals surface area (Å²) in [6, 6.07) is 9.15. The van der Waals surface area contributed by atoms with Crippen molar-refractivity contribution in [2.24, 2.45) is 0 Å². The summed E-state index contributed by atoms with van der Waals surface area (Å²) in [6.45, 7) is 3.57. The Balaban J connectivity index is 1.96. The summed E-state index contributed by atoms with van der Waals surface area (Å²) < 4.78 is 6.01. The van der Waals surface area contributed by atoms with Gasteiger partial charge in [0.2, 0.25) is 5.91 Å². The predicted octanol–water partition coefficient (Wildman–Crippen LogP) is 3.03. The van der Waals surface area contributed by atoms with E-state index in [1.165, 1.54) is 0 Å². The third-order valence-electron chi connectivity index (χ3n) is 2.48. The summed E-state index contributed by atoms with van der Waals surface area (Å²) in [5.74, 6) is 0.930. The van der Waals surface area contributed by atoms with Crippen molar-refractivity contribution >= 4 is 40.0 Å². The Morgan fingerprint density at radius 3 is 2.84 bits per heavy atom. The number of carbonyl (C=O) groups is 1. The van der Waals surface area contributed by atoms with E-state index in [-0.39, 0.29) is 11.9 Å². The van der Waals surface area contributed by atoms with Crippen LogP contribution in [0.15, 0.2) is 34.9 Å². The highest BCUT2D eigenvalue weighted by Gasteiger charge is 2.14. The Hall–Kier alpha value is -1.57. The Morgan fingerprint density at radius 2 is 2.21 bits per heavy atom. The SMILES string of the molecule is Cc1cc(NC(=O)C(C)Nc2cccc(I)c2)no1. The summed E-state index contributed by atoms with van der Waals surface area (Å²) in [7, 11) is 0. The Morgan fingerprint density at radius 1 is 1.42 bits per heavy atom. The molecule has 19 heavy (non-hydrogen) atoms. The minimum Gasteiger partial charge on any atom is -0.374 e. The number of anilines is 2. The molecule has 6 heteroatoms. The molecule has 1 aromatic heterocycles. The molecule has 0 radical (unpaired) electrons. The molecule has 0 aliphatic rings. The Kier molecular flexibility index (Phi) is 4.41. The van der Waals surface area contributed by atoms with Gasteiger partial charge in [-0.2, -0.15) is 0 Å². The lowest BCUT2D eigenvalue weighted by atomic mass is 10.2. The van der Waals surface area contributed by atoms with E-state index < -0.39 is 0 Å². The van der Waals surface area contributed by atoms with Gasteiger partial charge in [0.05, 0.1) is 0 Å². The van der Waals surface area contributed by atoms with Crippen LogP contribution in [0.5, 0.6) is 0 Å². The minimum atomic E-state index is -0.366. The zero-order valence-electron chi connectivity index (χ0n) is 10.6. The fraction of sp³-hybridized carbons (Fsp3) is 0.231. The normalized spacial score (nSPS) is 11.9. The van der Waals surface area contributed by atoms with Crippen LogP contribution in [0.2, 0.25) is 0 Å². The number of rotatable bonds is 4. The third kappa shape index (κ3) is 3.95. The second kappa shape index (κ2) is 6.05. The number of amides is 1. The van der Waals surface area contributed by atoms with Crippen molar-refractivity contribution in [1.29, 1.82) is 0 Å². The molecule has 1 aromatic carbocycles. The van der Waals surface area contributed by atoms with Crippen LogP contribution in [0.1, 0.15) is 12.7 Å². The number of halogens is 1. The first-order valence-corrected chi connectivity index (χ1v) is 6.89. The molecule has 2 aromatic rings. The van der Waals surface area contributed by atoms with Crippen molar-refractivity contribution in [2.75, 3.05) is 10.6 Å². The summed E-state index contributed by atoms with van der Waals surface area (Å²) in [4.78, 5) is 12.0. The monoisotopic (exact) mass is 371 g/mol. The Bertz CT molecular complexity index is 583. The van der Waals surface area contributed by atoms with E-state index in [2.05, 4.69) is 38.4 Å². The maximum Gasteiger partial charge on any atom is 0.247 e. The van der Waals surface area contributed by atoms with E-state index in [0.29, 0.717) is 11.6 Å². The third-order valence-corrected chi connectivity index (χ3v) is 3.15. The number of aromatic nitrogens is 1. The zero-order chi connectivity index (χ0) is 13.8. The maximum absolute atomic E-state index is 12.0. The minimum absolute atomic E-state index is 0.160. The molecule has 1 heterocycles. The first-order chi connectivity index (χ1) is 9.04. The van der Waals surface area contributed by atoms with E-state index >= 15 is 0 Å². The second-order valence-corrected chi connectivity index (χ2v) is 5.43. The molecule has 0 spiro atoms. The molecule has 0 fully saturated rings. The summed E-state index contributed by atoms with van der Waals surface area (Å²) in [5, 5.41) is 9.55. The van der Waals surface area contributed by atoms with Crippen LogP contribution in [0.4, 0.5) is 11.5 Å². The van der Waals surface area contributed by atoms with Crippen LogP contribution in [0.3, 0.4) is 0 Å². The van der Waals surface area contributed by atoms with E-state index in [9.17, 15) is 4.79 Å². The van der Waals surface area contributed by atoms with Gasteiger partial charge < -0.3 is 15.2 Å². The number of benzene rings is 1. The van der Waals surface area contributed by atoms with Gasteiger partial charge in [0.15, 0.2) is 5.82 Å². The van der Waals surface area contributed by atoms with Crippen LogP contribution in [-0.4, -0.2) is 17.1 Å². The molecule has 0 aliphatic heterocycles. The predicted molar refractivity (Wildman–Crippen MR) is 82.1 cm³/mol. The molecule has 0 saturated heterocycles. The molecule has 1 unspecified atom stereocenters. The largest absolute Gasteiger partial charge is 0.374 e. The van der Waals surface area contributed by atoms with Crippen LogP contribution < -0.4 is 10.6 Å². The fourth-order valence-electron chi connectivity index (χ4n) is 1.55. The summed E-state index contributed by atoms with van der Waals surface area (Å²) in [5.41, 5.74) is 0.908. The molecular formula is C13H14IN3O2. The number of aryl methyl sites for hydroxylation is 1. The maximum atomic E-state index is 12.0. The molecule has 1 amide bonds. The van der Waals surface area contributed by atoms with Crippen molar-refractivity contribution in [3.8, 4) is 0 Å². The Labute approximate surface area is 124 Å². The van der Waals surface area contributed by atoms with Gasteiger partial charge in [-0.1, -0.05) is 11.2 Å². The molecule has 0 aliphatic carbocycles. The van der Waals surface area contributed by atoms with Gasteiger partial charge in [-0.15, -0.1) is 0 Å². The van der Waals surface area contributed by atoms with Crippen molar-refractivity contribution < 1.29 is 9.32 Å². The first kappa shape index (κ1) is 13.9. The number of hydrogen-bond acceptors (Lipinski definition) is 4. The van der Waals surface area contributed by atoms with Crippen LogP contribution in [0, 0.1) is 10.5 Å². The van der Waals surface area contributed by atoms with Gasteiger partial charge in [0, 0.05) is 15.3 Å². The van der Waals surface area contributed by atoms with E-state index in [4.69, 9.17) is 4.52 Å². The molecule has 5 nitrogen and oxygen atoms in total. The number of carbonyl (C=O) groups excluding carboxylic acids is 1. The average molecular weight is 371 g/mol. The van der Waals surface area contributed by atoms with Gasteiger partial charge in [-0.3, -0.25) is 4.79 Å². The van der Waals surface area contributed by atoms with Crippen molar-refractivity contribution in [3.63, 3.8) is 0 Å². The number of nitrogens with one attached hydrogen (secondary N) is 2. The molecule has 0 bridgehead atoms. The summed E-state index contributed by atoms with van der Waals surface area (Å²) >= 11 is 2.23.